The van der Waals surface area contributed by atoms with Crippen LogP contribution in [-0.2, 0) is 0 Å². The van der Waals surface area contributed by atoms with Crippen LogP contribution in [0, 0.1) is 0 Å². The van der Waals surface area contributed by atoms with Crippen LogP contribution in [-0.4, -0.2) is 19.1 Å². The maximum atomic E-state index is 5.14. The van der Waals surface area contributed by atoms with Gasteiger partial charge in [-0.05, 0) is 62.2 Å². The number of nitrogens with zero attached hydrogens (tertiary/aromatic N) is 2. The highest BCUT2D eigenvalue weighted by Crippen LogP contribution is 2.31. The fraction of sp³-hybridized carbons (Fsp3) is 0.154. The lowest BCUT2D eigenvalue weighted by Crippen LogP contribution is -2.11. The van der Waals surface area contributed by atoms with Crippen molar-refractivity contribution >= 4 is 43.4 Å². The van der Waals surface area contributed by atoms with Crippen molar-refractivity contribution in [1.82, 2.24) is 4.98 Å². The zero-order chi connectivity index (χ0) is 13.1. The Morgan fingerprint density at radius 1 is 1.17 bits per heavy atom. The van der Waals surface area contributed by atoms with Gasteiger partial charge in [-0.1, -0.05) is 0 Å². The van der Waals surface area contributed by atoms with Crippen molar-refractivity contribution in [3.8, 4) is 5.75 Å². The first-order valence-electron chi connectivity index (χ1n) is 5.30. The van der Waals surface area contributed by atoms with E-state index in [2.05, 4.69) is 36.8 Å². The van der Waals surface area contributed by atoms with E-state index in [0.29, 0.717) is 0 Å². The summed E-state index contributed by atoms with van der Waals surface area (Å²) in [5.41, 5.74) is 1.05. The van der Waals surface area contributed by atoms with Crippen molar-refractivity contribution < 1.29 is 4.74 Å². The van der Waals surface area contributed by atoms with Crippen molar-refractivity contribution in [2.75, 3.05) is 19.1 Å². The van der Waals surface area contributed by atoms with E-state index in [1.165, 1.54) is 0 Å². The Balaban J connectivity index is 2.31. The summed E-state index contributed by atoms with van der Waals surface area (Å²) >= 11 is 6.91. The Hall–Kier alpha value is -1.07. The molecule has 2 aromatic rings. The number of ether oxygens (including phenoxy) is 1. The third kappa shape index (κ3) is 2.84. The standard InChI is InChI=1S/C13H12Br2N2O/c1-17(10-3-5-11(18-2)6-4-10)13-12(15)7-9(14)8-16-13/h3-8H,1-2H3. The van der Waals surface area contributed by atoms with Crippen LogP contribution in [0.1, 0.15) is 0 Å². The highest BCUT2D eigenvalue weighted by atomic mass is 79.9. The van der Waals surface area contributed by atoms with Gasteiger partial charge in [0.05, 0.1) is 11.6 Å². The smallest absolute Gasteiger partial charge is 0.147 e. The molecule has 5 heteroatoms. The Morgan fingerprint density at radius 2 is 1.83 bits per heavy atom. The number of anilines is 2. The first kappa shape index (κ1) is 13.4. The Morgan fingerprint density at radius 3 is 2.39 bits per heavy atom. The largest absolute Gasteiger partial charge is 0.497 e. The molecule has 0 amide bonds. The predicted octanol–water partition coefficient (Wildman–Crippen LogP) is 4.38. The first-order valence-corrected chi connectivity index (χ1v) is 6.89. The zero-order valence-corrected chi connectivity index (χ0v) is 13.2. The highest BCUT2D eigenvalue weighted by molar-refractivity contribution is 9.11. The van der Waals surface area contributed by atoms with Gasteiger partial charge in [-0.2, -0.15) is 0 Å². The van der Waals surface area contributed by atoms with Gasteiger partial charge in [0.2, 0.25) is 0 Å². The van der Waals surface area contributed by atoms with E-state index < -0.39 is 0 Å². The molecular formula is C13H12Br2N2O. The van der Waals surface area contributed by atoms with Crippen LogP contribution in [0.5, 0.6) is 5.75 Å². The van der Waals surface area contributed by atoms with E-state index in [9.17, 15) is 0 Å². The molecule has 0 bridgehead atoms. The van der Waals surface area contributed by atoms with Gasteiger partial charge in [-0.25, -0.2) is 4.98 Å². The van der Waals surface area contributed by atoms with Crippen LogP contribution in [0.15, 0.2) is 45.5 Å². The molecule has 0 fully saturated rings. The van der Waals surface area contributed by atoms with Crippen molar-refractivity contribution in [2.45, 2.75) is 0 Å². The molecule has 0 atom stereocenters. The third-order valence-corrected chi connectivity index (χ3v) is 3.58. The maximum Gasteiger partial charge on any atom is 0.147 e. The molecule has 1 aromatic carbocycles. The van der Waals surface area contributed by atoms with Crippen molar-refractivity contribution in [2.24, 2.45) is 0 Å². The molecule has 94 valence electrons. The van der Waals surface area contributed by atoms with E-state index in [1.54, 1.807) is 13.3 Å². The Labute approximate surface area is 123 Å². The lowest BCUT2D eigenvalue weighted by atomic mass is 10.3. The van der Waals surface area contributed by atoms with Crippen LogP contribution in [0.2, 0.25) is 0 Å². The molecule has 2 rings (SSSR count). The number of methoxy groups -OCH3 is 1. The van der Waals surface area contributed by atoms with Gasteiger partial charge < -0.3 is 9.64 Å². The maximum absolute atomic E-state index is 5.14. The predicted molar refractivity (Wildman–Crippen MR) is 80.7 cm³/mol. The van der Waals surface area contributed by atoms with E-state index in [-0.39, 0.29) is 0 Å². The second kappa shape index (κ2) is 5.71. The van der Waals surface area contributed by atoms with Crippen molar-refractivity contribution in [3.63, 3.8) is 0 Å². The summed E-state index contributed by atoms with van der Waals surface area (Å²) in [6.07, 6.45) is 1.78. The molecule has 0 saturated carbocycles. The van der Waals surface area contributed by atoms with Crippen LogP contribution < -0.4 is 9.64 Å². The van der Waals surface area contributed by atoms with Gasteiger partial charge in [-0.15, -0.1) is 0 Å². The summed E-state index contributed by atoms with van der Waals surface area (Å²) in [6, 6.07) is 9.82. The number of hydrogen-bond donors (Lipinski definition) is 0. The quantitative estimate of drug-likeness (QED) is 0.800. The molecule has 0 radical (unpaired) electrons. The third-order valence-electron chi connectivity index (χ3n) is 2.57. The number of halogens is 2. The number of pyridine rings is 1. The topological polar surface area (TPSA) is 25.4 Å². The number of benzene rings is 1. The first-order chi connectivity index (χ1) is 8.61. The summed E-state index contributed by atoms with van der Waals surface area (Å²) in [5, 5.41) is 0. The van der Waals surface area contributed by atoms with Gasteiger partial charge in [0.15, 0.2) is 0 Å². The van der Waals surface area contributed by atoms with Crippen molar-refractivity contribution in [3.05, 3.63) is 45.5 Å². The molecule has 0 aliphatic heterocycles. The summed E-state index contributed by atoms with van der Waals surface area (Å²) in [5.74, 6) is 1.71. The summed E-state index contributed by atoms with van der Waals surface area (Å²) in [7, 11) is 3.63. The lowest BCUT2D eigenvalue weighted by Gasteiger charge is -2.19. The lowest BCUT2D eigenvalue weighted by molar-refractivity contribution is 0.415. The second-order valence-corrected chi connectivity index (χ2v) is 5.49. The van der Waals surface area contributed by atoms with E-state index in [0.717, 1.165) is 26.2 Å². The molecule has 0 aliphatic rings. The fourth-order valence-electron chi connectivity index (χ4n) is 1.58. The van der Waals surface area contributed by atoms with E-state index >= 15 is 0 Å². The molecule has 0 N–H and O–H groups in total. The Bertz CT molecular complexity index is 543. The minimum Gasteiger partial charge on any atom is -0.497 e. The van der Waals surface area contributed by atoms with Gasteiger partial charge in [-0.3, -0.25) is 0 Å². The molecule has 18 heavy (non-hydrogen) atoms. The average Bonchev–Trinajstić information content (AvgIpc) is 2.38. The van der Waals surface area contributed by atoms with Crippen LogP contribution in [0.25, 0.3) is 0 Å². The summed E-state index contributed by atoms with van der Waals surface area (Å²) < 4.78 is 7.03. The number of rotatable bonds is 3. The van der Waals surface area contributed by atoms with Gasteiger partial charge in [0.25, 0.3) is 0 Å². The highest BCUT2D eigenvalue weighted by Gasteiger charge is 2.09. The van der Waals surface area contributed by atoms with Gasteiger partial charge in [0, 0.05) is 23.4 Å². The molecule has 0 spiro atoms. The number of aromatic nitrogens is 1. The molecular weight excluding hydrogens is 360 g/mol. The molecule has 3 nitrogen and oxygen atoms in total. The average molecular weight is 372 g/mol. The molecule has 0 saturated heterocycles. The molecule has 0 unspecified atom stereocenters. The van der Waals surface area contributed by atoms with Gasteiger partial charge >= 0.3 is 0 Å². The normalized spacial score (nSPS) is 10.2. The SMILES string of the molecule is COc1ccc(N(C)c2ncc(Br)cc2Br)cc1. The van der Waals surface area contributed by atoms with Crippen LogP contribution >= 0.6 is 31.9 Å². The molecule has 1 heterocycles. The van der Waals surface area contributed by atoms with Gasteiger partial charge in [0.1, 0.15) is 11.6 Å². The minimum absolute atomic E-state index is 0.843. The van der Waals surface area contributed by atoms with Crippen LogP contribution in [0.3, 0.4) is 0 Å². The molecule has 0 aliphatic carbocycles. The summed E-state index contributed by atoms with van der Waals surface area (Å²) in [4.78, 5) is 6.41. The molecule has 1 aromatic heterocycles. The monoisotopic (exact) mass is 370 g/mol. The van der Waals surface area contributed by atoms with E-state index in [4.69, 9.17) is 4.74 Å². The fourth-order valence-corrected chi connectivity index (χ4v) is 2.84. The second-order valence-electron chi connectivity index (χ2n) is 3.72. The number of hydrogen-bond acceptors (Lipinski definition) is 3. The summed E-state index contributed by atoms with van der Waals surface area (Å²) in [6.45, 7) is 0. The van der Waals surface area contributed by atoms with E-state index in [1.807, 2.05) is 42.3 Å². The minimum atomic E-state index is 0.843. The van der Waals surface area contributed by atoms with Crippen LogP contribution in [0.4, 0.5) is 11.5 Å². The zero-order valence-electron chi connectivity index (χ0n) is 10.0. The van der Waals surface area contributed by atoms with Crippen molar-refractivity contribution in [1.29, 1.82) is 0 Å². The Kier molecular flexibility index (Phi) is 4.24.